The number of hydrogen-bond donors (Lipinski definition) is 0. The average molecular weight is 325 g/mol. The molecular weight excluding hydrogens is 306 g/mol. The molecule has 2 saturated heterocycles. The van der Waals surface area contributed by atoms with E-state index in [-0.39, 0.29) is 10.6 Å². The van der Waals surface area contributed by atoms with E-state index in [1.165, 1.54) is 18.6 Å². The lowest BCUT2D eigenvalue weighted by Gasteiger charge is -2.38. The van der Waals surface area contributed by atoms with Gasteiger partial charge in [-0.15, -0.1) is 0 Å². The Kier molecular flexibility index (Phi) is 3.82. The van der Waals surface area contributed by atoms with E-state index in [1.54, 1.807) is 6.07 Å². The van der Waals surface area contributed by atoms with E-state index in [4.69, 9.17) is 0 Å². The summed E-state index contributed by atoms with van der Waals surface area (Å²) in [6, 6.07) is 4.65. The summed E-state index contributed by atoms with van der Waals surface area (Å²) in [4.78, 5) is 15.3. The first-order valence-corrected chi connectivity index (χ1v) is 9.23. The third kappa shape index (κ3) is 2.80. The zero-order valence-corrected chi connectivity index (χ0v) is 13.3. The van der Waals surface area contributed by atoms with Crippen LogP contribution in [0, 0.1) is 10.1 Å². The Morgan fingerprint density at radius 2 is 2.05 bits per heavy atom. The van der Waals surface area contributed by atoms with Crippen molar-refractivity contribution in [1.82, 2.24) is 4.90 Å². The van der Waals surface area contributed by atoms with Gasteiger partial charge in [-0.05, 0) is 31.5 Å². The number of rotatable bonds is 3. The molecule has 0 amide bonds. The molecule has 1 atom stereocenters. The number of anilines is 1. The molecule has 0 N–H and O–H groups in total. The summed E-state index contributed by atoms with van der Waals surface area (Å²) in [6.45, 7) is 3.50. The van der Waals surface area contributed by atoms with Crippen molar-refractivity contribution in [1.29, 1.82) is 0 Å². The smallest absolute Gasteiger partial charge is 0.293 e. The van der Waals surface area contributed by atoms with Gasteiger partial charge < -0.3 is 4.90 Å². The fraction of sp³-hybridized carbons (Fsp3) is 0.571. The van der Waals surface area contributed by atoms with Gasteiger partial charge >= 0.3 is 0 Å². The van der Waals surface area contributed by atoms with E-state index in [2.05, 4.69) is 4.90 Å². The maximum Gasteiger partial charge on any atom is 0.293 e. The molecular formula is C14H19N3O4S. The Balaban J connectivity index is 1.94. The molecule has 8 heteroatoms. The molecule has 120 valence electrons. The molecule has 7 nitrogen and oxygen atoms in total. The van der Waals surface area contributed by atoms with E-state index in [0.29, 0.717) is 11.7 Å². The van der Waals surface area contributed by atoms with Crippen LogP contribution in [0.25, 0.3) is 0 Å². The molecule has 0 saturated carbocycles. The normalized spacial score (nSPS) is 22.6. The van der Waals surface area contributed by atoms with Crippen LogP contribution in [0.5, 0.6) is 0 Å². The monoisotopic (exact) mass is 325 g/mol. The predicted octanol–water partition coefficient (Wildman–Crippen LogP) is 1.28. The fourth-order valence-electron chi connectivity index (χ4n) is 3.36. The van der Waals surface area contributed by atoms with Crippen molar-refractivity contribution in [3.63, 3.8) is 0 Å². The number of hydrogen-bond acceptors (Lipinski definition) is 6. The fourth-order valence-corrected chi connectivity index (χ4v) is 4.00. The lowest BCUT2D eigenvalue weighted by molar-refractivity contribution is -0.384. The van der Waals surface area contributed by atoms with Crippen LogP contribution in [0.4, 0.5) is 11.4 Å². The van der Waals surface area contributed by atoms with Gasteiger partial charge in [0.1, 0.15) is 5.69 Å². The second-order valence-electron chi connectivity index (χ2n) is 5.96. The second kappa shape index (κ2) is 5.51. The van der Waals surface area contributed by atoms with Crippen LogP contribution in [0.1, 0.15) is 12.8 Å². The van der Waals surface area contributed by atoms with Gasteiger partial charge in [0.25, 0.3) is 5.69 Å². The zero-order valence-electron chi connectivity index (χ0n) is 12.4. The summed E-state index contributed by atoms with van der Waals surface area (Å²) < 4.78 is 23.2. The van der Waals surface area contributed by atoms with E-state index in [9.17, 15) is 18.5 Å². The third-order valence-electron chi connectivity index (χ3n) is 4.50. The van der Waals surface area contributed by atoms with Gasteiger partial charge in [0.15, 0.2) is 9.84 Å². The van der Waals surface area contributed by atoms with E-state index in [1.807, 2.05) is 4.90 Å². The van der Waals surface area contributed by atoms with Crippen LogP contribution in [0.2, 0.25) is 0 Å². The van der Waals surface area contributed by atoms with Crippen molar-refractivity contribution < 1.29 is 13.3 Å². The number of nitro benzene ring substituents is 1. The SMILES string of the molecule is CS(=O)(=O)c1ccc(N2CCN3CCCC3C2)c([N+](=O)[O-])c1. The van der Waals surface area contributed by atoms with E-state index < -0.39 is 14.8 Å². The number of benzene rings is 1. The van der Waals surface area contributed by atoms with Crippen molar-refractivity contribution in [2.45, 2.75) is 23.8 Å². The van der Waals surface area contributed by atoms with Gasteiger partial charge in [0, 0.05) is 38.0 Å². The molecule has 0 radical (unpaired) electrons. The van der Waals surface area contributed by atoms with Crippen molar-refractivity contribution in [2.75, 3.05) is 37.3 Å². The highest BCUT2D eigenvalue weighted by Crippen LogP contribution is 2.33. The minimum Gasteiger partial charge on any atom is -0.363 e. The Labute approximate surface area is 129 Å². The summed E-state index contributed by atoms with van der Waals surface area (Å²) in [5, 5.41) is 11.3. The molecule has 1 aromatic rings. The predicted molar refractivity (Wildman–Crippen MR) is 83.0 cm³/mol. The van der Waals surface area contributed by atoms with Gasteiger partial charge in [-0.3, -0.25) is 15.0 Å². The summed E-state index contributed by atoms with van der Waals surface area (Å²) >= 11 is 0. The third-order valence-corrected chi connectivity index (χ3v) is 5.61. The largest absolute Gasteiger partial charge is 0.363 e. The maximum absolute atomic E-state index is 11.6. The summed E-state index contributed by atoms with van der Waals surface area (Å²) in [5.41, 5.74) is 0.387. The van der Waals surface area contributed by atoms with Gasteiger partial charge in [0.05, 0.1) is 9.82 Å². The number of piperazine rings is 1. The number of nitrogens with zero attached hydrogens (tertiary/aromatic N) is 3. The van der Waals surface area contributed by atoms with Crippen LogP contribution >= 0.6 is 0 Å². The molecule has 1 aromatic carbocycles. The second-order valence-corrected chi connectivity index (χ2v) is 7.97. The van der Waals surface area contributed by atoms with E-state index >= 15 is 0 Å². The minimum atomic E-state index is -3.45. The van der Waals surface area contributed by atoms with Crippen molar-refractivity contribution in [3.05, 3.63) is 28.3 Å². The van der Waals surface area contributed by atoms with Crippen LogP contribution in [0.3, 0.4) is 0 Å². The lowest BCUT2D eigenvalue weighted by Crippen LogP contribution is -2.50. The Hall–Kier alpha value is -1.67. The minimum absolute atomic E-state index is 0.0116. The molecule has 2 fully saturated rings. The van der Waals surface area contributed by atoms with Crippen molar-refractivity contribution in [3.8, 4) is 0 Å². The molecule has 0 bridgehead atoms. The van der Waals surface area contributed by atoms with Gasteiger partial charge in [-0.1, -0.05) is 0 Å². The first kappa shape index (κ1) is 15.2. The van der Waals surface area contributed by atoms with Gasteiger partial charge in [-0.2, -0.15) is 0 Å². The van der Waals surface area contributed by atoms with Gasteiger partial charge in [0.2, 0.25) is 0 Å². The van der Waals surface area contributed by atoms with Crippen LogP contribution in [-0.2, 0) is 9.84 Å². The van der Waals surface area contributed by atoms with E-state index in [0.717, 1.165) is 38.9 Å². The van der Waals surface area contributed by atoms with Gasteiger partial charge in [-0.25, -0.2) is 8.42 Å². The highest BCUT2D eigenvalue weighted by molar-refractivity contribution is 7.90. The summed E-state index contributed by atoms with van der Waals surface area (Å²) in [6.07, 6.45) is 3.35. The summed E-state index contributed by atoms with van der Waals surface area (Å²) in [7, 11) is -3.45. The highest BCUT2D eigenvalue weighted by Gasteiger charge is 2.33. The molecule has 2 aliphatic rings. The molecule has 2 heterocycles. The molecule has 0 spiro atoms. The maximum atomic E-state index is 11.6. The standard InChI is InChI=1S/C14H19N3O4S/c1-22(20,21)12-4-5-13(14(9-12)17(18)19)16-8-7-15-6-2-3-11(15)10-16/h4-5,9,11H,2-3,6-8,10H2,1H3. The molecule has 0 aliphatic carbocycles. The Morgan fingerprint density at radius 3 is 2.73 bits per heavy atom. The lowest BCUT2D eigenvalue weighted by atomic mass is 10.1. The zero-order chi connectivity index (χ0) is 15.9. The van der Waals surface area contributed by atoms with Crippen LogP contribution in [-0.4, -0.2) is 56.7 Å². The Bertz CT molecular complexity index is 704. The van der Waals surface area contributed by atoms with Crippen molar-refractivity contribution >= 4 is 21.2 Å². The topological polar surface area (TPSA) is 83.8 Å². The molecule has 1 unspecified atom stereocenters. The first-order chi connectivity index (χ1) is 10.4. The number of nitro groups is 1. The average Bonchev–Trinajstić information content (AvgIpc) is 2.92. The Morgan fingerprint density at radius 1 is 1.27 bits per heavy atom. The molecule has 2 aliphatic heterocycles. The quantitative estimate of drug-likeness (QED) is 0.615. The molecule has 3 rings (SSSR count). The summed E-state index contributed by atoms with van der Waals surface area (Å²) in [5.74, 6) is 0. The number of fused-ring (bicyclic) bond motifs is 1. The molecule has 0 aromatic heterocycles. The highest BCUT2D eigenvalue weighted by atomic mass is 32.2. The van der Waals surface area contributed by atoms with Crippen molar-refractivity contribution in [2.24, 2.45) is 0 Å². The van der Waals surface area contributed by atoms with Crippen LogP contribution in [0.15, 0.2) is 23.1 Å². The molecule has 22 heavy (non-hydrogen) atoms. The van der Waals surface area contributed by atoms with Crippen LogP contribution < -0.4 is 4.90 Å². The number of sulfone groups is 1. The first-order valence-electron chi connectivity index (χ1n) is 7.34.